The number of sulfone groups is 1. The summed E-state index contributed by atoms with van der Waals surface area (Å²) in [4.78, 5) is 22.4. The molecular weight excluding hydrogens is 528 g/mol. The average Bonchev–Trinajstić information content (AvgIpc) is 3.41. The van der Waals surface area contributed by atoms with Crippen molar-refractivity contribution in [3.8, 4) is 11.6 Å². The molecule has 2 aliphatic heterocycles. The Morgan fingerprint density at radius 3 is 2.45 bits per heavy atom. The predicted molar refractivity (Wildman–Crippen MR) is 151 cm³/mol. The van der Waals surface area contributed by atoms with Crippen LogP contribution in [0.4, 0.5) is 17.5 Å². The molecule has 6 rings (SSSR count). The molecule has 0 radical (unpaired) electrons. The molecule has 206 valence electrons. The molecule has 1 saturated heterocycles. The molecule has 0 amide bonds. The zero-order chi connectivity index (χ0) is 27.5. The van der Waals surface area contributed by atoms with Crippen LogP contribution in [-0.2, 0) is 22.9 Å². The number of benzene rings is 2. The van der Waals surface area contributed by atoms with Gasteiger partial charge in [0.2, 0.25) is 11.8 Å². The third-order valence-electron chi connectivity index (χ3n) is 7.15. The third-order valence-corrected chi connectivity index (χ3v) is 8.26. The van der Waals surface area contributed by atoms with Crippen LogP contribution < -0.4 is 19.3 Å². The summed E-state index contributed by atoms with van der Waals surface area (Å²) >= 11 is 0. The molecule has 0 aliphatic carbocycles. The summed E-state index contributed by atoms with van der Waals surface area (Å²) in [6.07, 6.45) is 8.58. The molecule has 0 bridgehead atoms. The summed E-state index contributed by atoms with van der Waals surface area (Å²) in [6, 6.07) is 17.1. The number of hydrogen-bond acceptors (Lipinski definition) is 10. The van der Waals surface area contributed by atoms with Gasteiger partial charge in [0.15, 0.2) is 15.6 Å². The number of anilines is 3. The fourth-order valence-electron chi connectivity index (χ4n) is 5.02. The molecule has 0 unspecified atom stereocenters. The lowest BCUT2D eigenvalue weighted by molar-refractivity contribution is 0.163. The van der Waals surface area contributed by atoms with Crippen molar-refractivity contribution < 1.29 is 17.9 Å². The number of ether oxygens (including phenoxy) is 2. The Morgan fingerprint density at radius 2 is 1.70 bits per heavy atom. The predicted octanol–water partition coefficient (Wildman–Crippen LogP) is 3.99. The first-order chi connectivity index (χ1) is 19.4. The lowest BCUT2D eigenvalue weighted by Crippen LogP contribution is -2.39. The minimum Gasteiger partial charge on any atom is -0.486 e. The monoisotopic (exact) mass is 558 g/mol. The second kappa shape index (κ2) is 11.1. The number of rotatable bonds is 8. The van der Waals surface area contributed by atoms with Crippen molar-refractivity contribution in [2.45, 2.75) is 36.9 Å². The molecule has 0 N–H and O–H groups in total. The van der Waals surface area contributed by atoms with Gasteiger partial charge in [-0.2, -0.15) is 0 Å². The second-order valence-electron chi connectivity index (χ2n) is 9.98. The van der Waals surface area contributed by atoms with E-state index in [1.807, 2.05) is 42.5 Å². The van der Waals surface area contributed by atoms with Crippen molar-refractivity contribution in [1.29, 1.82) is 0 Å². The highest BCUT2D eigenvalue weighted by Gasteiger charge is 2.26. The van der Waals surface area contributed by atoms with Gasteiger partial charge in [0.05, 0.1) is 17.3 Å². The molecule has 11 heteroatoms. The van der Waals surface area contributed by atoms with E-state index in [2.05, 4.69) is 29.7 Å². The van der Waals surface area contributed by atoms with E-state index in [1.54, 1.807) is 24.5 Å². The van der Waals surface area contributed by atoms with Crippen LogP contribution >= 0.6 is 0 Å². The molecule has 0 spiro atoms. The summed E-state index contributed by atoms with van der Waals surface area (Å²) in [5.41, 5.74) is 3.05. The van der Waals surface area contributed by atoms with Crippen molar-refractivity contribution in [2.75, 3.05) is 35.7 Å². The van der Waals surface area contributed by atoms with Crippen LogP contribution in [0.25, 0.3) is 0 Å². The van der Waals surface area contributed by atoms with Crippen LogP contribution in [-0.4, -0.2) is 60.3 Å². The lowest BCUT2D eigenvalue weighted by atomic mass is 10.1. The van der Waals surface area contributed by atoms with Crippen molar-refractivity contribution in [3.05, 3.63) is 84.4 Å². The van der Waals surface area contributed by atoms with E-state index in [0.717, 1.165) is 55.0 Å². The third kappa shape index (κ3) is 5.84. The van der Waals surface area contributed by atoms with E-state index in [1.165, 1.54) is 12.6 Å². The van der Waals surface area contributed by atoms with Gasteiger partial charge >= 0.3 is 0 Å². The first kappa shape index (κ1) is 26.0. The summed E-state index contributed by atoms with van der Waals surface area (Å²) in [7, 11) is -3.25. The SMILES string of the molecule is CS(=O)(=O)c1ccc2c(c1)CCN2c1cc(OC2CCN(c3ncc(OCc4ccccc4)cn3)CC2)ncn1. The Kier molecular flexibility index (Phi) is 7.21. The zero-order valence-electron chi connectivity index (χ0n) is 22.2. The fraction of sp³-hybridized carbons (Fsp3) is 0.310. The number of aromatic nitrogens is 4. The largest absolute Gasteiger partial charge is 0.486 e. The Hall–Kier alpha value is -4.25. The summed E-state index contributed by atoms with van der Waals surface area (Å²) in [5, 5.41) is 0. The summed E-state index contributed by atoms with van der Waals surface area (Å²) in [6.45, 7) is 2.74. The molecule has 40 heavy (non-hydrogen) atoms. The number of fused-ring (bicyclic) bond motifs is 1. The Morgan fingerprint density at radius 1 is 0.925 bits per heavy atom. The number of hydrogen-bond donors (Lipinski definition) is 0. The molecule has 0 saturated carbocycles. The molecule has 2 aromatic carbocycles. The molecule has 1 fully saturated rings. The Labute approximate surface area is 233 Å². The van der Waals surface area contributed by atoms with Crippen molar-refractivity contribution >= 4 is 27.3 Å². The van der Waals surface area contributed by atoms with Crippen LogP contribution in [0.2, 0.25) is 0 Å². The van der Waals surface area contributed by atoms with Gasteiger partial charge in [0.1, 0.15) is 24.9 Å². The van der Waals surface area contributed by atoms with Crippen molar-refractivity contribution in [2.24, 2.45) is 0 Å². The van der Waals surface area contributed by atoms with Crippen LogP contribution in [0.3, 0.4) is 0 Å². The van der Waals surface area contributed by atoms with Gasteiger partial charge in [-0.1, -0.05) is 30.3 Å². The molecule has 4 heterocycles. The highest BCUT2D eigenvalue weighted by atomic mass is 32.2. The van der Waals surface area contributed by atoms with Crippen LogP contribution in [0, 0.1) is 0 Å². The van der Waals surface area contributed by atoms with E-state index >= 15 is 0 Å². The molecule has 0 atom stereocenters. The van der Waals surface area contributed by atoms with Crippen LogP contribution in [0.15, 0.2) is 78.2 Å². The second-order valence-corrected chi connectivity index (χ2v) is 12.0. The highest BCUT2D eigenvalue weighted by molar-refractivity contribution is 7.90. The van der Waals surface area contributed by atoms with Crippen LogP contribution in [0.1, 0.15) is 24.0 Å². The van der Waals surface area contributed by atoms with Gasteiger partial charge in [-0.05, 0) is 35.7 Å². The number of nitrogens with zero attached hydrogens (tertiary/aromatic N) is 6. The average molecular weight is 559 g/mol. The maximum Gasteiger partial charge on any atom is 0.225 e. The van der Waals surface area contributed by atoms with Gasteiger partial charge in [-0.25, -0.2) is 28.4 Å². The zero-order valence-corrected chi connectivity index (χ0v) is 23.0. The van der Waals surface area contributed by atoms with Crippen LogP contribution in [0.5, 0.6) is 11.6 Å². The number of piperidine rings is 1. The van der Waals surface area contributed by atoms with Gasteiger partial charge in [-0.15, -0.1) is 0 Å². The molecule has 4 aromatic rings. The van der Waals surface area contributed by atoms with Crippen molar-refractivity contribution in [3.63, 3.8) is 0 Å². The lowest BCUT2D eigenvalue weighted by Gasteiger charge is -2.32. The normalized spacial score (nSPS) is 15.6. The van der Waals surface area contributed by atoms with Gasteiger partial charge in [-0.3, -0.25) is 0 Å². The maximum absolute atomic E-state index is 11.9. The molecule has 2 aromatic heterocycles. The first-order valence-electron chi connectivity index (χ1n) is 13.3. The highest BCUT2D eigenvalue weighted by Crippen LogP contribution is 2.35. The topological polar surface area (TPSA) is 111 Å². The molecular formula is C29H30N6O4S. The van der Waals surface area contributed by atoms with E-state index < -0.39 is 9.84 Å². The standard InChI is InChI=1S/C29H30N6O4S/c1-40(36,37)25-7-8-26-22(15-25)9-14-35(26)27-16-28(33-20-32-27)39-23-10-12-34(13-11-23)29-30-17-24(18-31-29)38-19-21-5-3-2-4-6-21/h2-8,15-18,20,23H,9-14,19H2,1H3. The van der Waals surface area contributed by atoms with Crippen molar-refractivity contribution in [1.82, 2.24) is 19.9 Å². The van der Waals surface area contributed by atoms with Gasteiger partial charge in [0.25, 0.3) is 0 Å². The molecule has 10 nitrogen and oxygen atoms in total. The fourth-order valence-corrected chi connectivity index (χ4v) is 5.69. The quantitative estimate of drug-likeness (QED) is 0.315. The molecule has 2 aliphatic rings. The van der Waals surface area contributed by atoms with Gasteiger partial charge < -0.3 is 19.3 Å². The smallest absolute Gasteiger partial charge is 0.225 e. The van der Waals surface area contributed by atoms with Gasteiger partial charge in [0, 0.05) is 50.5 Å². The minimum absolute atomic E-state index is 0.0238. The van der Waals surface area contributed by atoms with E-state index in [-0.39, 0.29) is 6.10 Å². The Balaban J connectivity index is 1.03. The van der Waals surface area contributed by atoms with E-state index in [9.17, 15) is 8.42 Å². The van der Waals surface area contributed by atoms with E-state index in [0.29, 0.717) is 35.6 Å². The first-order valence-corrected chi connectivity index (χ1v) is 15.1. The summed E-state index contributed by atoms with van der Waals surface area (Å²) in [5.74, 6) is 2.58. The maximum atomic E-state index is 11.9. The van der Waals surface area contributed by atoms with E-state index in [4.69, 9.17) is 9.47 Å². The summed E-state index contributed by atoms with van der Waals surface area (Å²) < 4.78 is 35.9. The minimum atomic E-state index is -3.25. The Bertz CT molecular complexity index is 1580.